The molecule has 134 valence electrons. The Morgan fingerprint density at radius 1 is 0.923 bits per heavy atom. The Bertz CT molecular complexity index is 850. The topological polar surface area (TPSA) is 40.6 Å². The van der Waals surface area contributed by atoms with Gasteiger partial charge in [-0.1, -0.05) is 42.5 Å². The maximum atomic E-state index is 12.8. The third kappa shape index (κ3) is 3.50. The zero-order chi connectivity index (χ0) is 17.9. The summed E-state index contributed by atoms with van der Waals surface area (Å²) in [5.74, 6) is 0.681. The lowest BCUT2D eigenvalue weighted by molar-refractivity contribution is -0.133. The minimum atomic E-state index is 0.0570. The van der Waals surface area contributed by atoms with Crippen molar-refractivity contribution >= 4 is 22.6 Å². The summed E-state index contributed by atoms with van der Waals surface area (Å²) in [5.41, 5.74) is 0.722. The van der Waals surface area contributed by atoms with Gasteiger partial charge in [0.1, 0.15) is 0 Å². The molecule has 0 saturated carbocycles. The zero-order valence-electron chi connectivity index (χ0n) is 14.9. The number of rotatable bonds is 3. The van der Waals surface area contributed by atoms with Gasteiger partial charge in [-0.25, -0.2) is 0 Å². The average molecular weight is 348 g/mol. The summed E-state index contributed by atoms with van der Waals surface area (Å²) in [5, 5.41) is 2.22. The highest BCUT2D eigenvalue weighted by Crippen LogP contribution is 2.22. The number of allylic oxidation sites excluding steroid dienone is 2. The molecule has 2 aliphatic rings. The van der Waals surface area contributed by atoms with Gasteiger partial charge in [0.2, 0.25) is 5.91 Å². The summed E-state index contributed by atoms with van der Waals surface area (Å²) in [6.07, 6.45) is 7.11. The van der Waals surface area contributed by atoms with Crippen molar-refractivity contribution in [3.63, 3.8) is 0 Å². The van der Waals surface area contributed by atoms with E-state index in [1.165, 1.54) is 0 Å². The molecule has 4 nitrogen and oxygen atoms in total. The molecule has 26 heavy (non-hydrogen) atoms. The molecule has 2 amide bonds. The van der Waals surface area contributed by atoms with Gasteiger partial charge < -0.3 is 9.80 Å². The van der Waals surface area contributed by atoms with Crippen molar-refractivity contribution in [1.82, 2.24) is 9.80 Å². The molecule has 1 heterocycles. The fourth-order valence-electron chi connectivity index (χ4n) is 3.88. The van der Waals surface area contributed by atoms with Crippen LogP contribution in [0.25, 0.3) is 10.8 Å². The van der Waals surface area contributed by atoms with Crippen LogP contribution in [0.3, 0.4) is 0 Å². The lowest BCUT2D eigenvalue weighted by atomic mass is 10.0. The van der Waals surface area contributed by atoms with E-state index in [1.807, 2.05) is 52.3 Å². The van der Waals surface area contributed by atoms with Gasteiger partial charge >= 0.3 is 0 Å². The van der Waals surface area contributed by atoms with E-state index in [1.54, 1.807) is 0 Å². The Kier molecular flexibility index (Phi) is 4.74. The molecule has 4 rings (SSSR count). The molecule has 1 saturated heterocycles. The van der Waals surface area contributed by atoms with Crippen LogP contribution in [0.2, 0.25) is 0 Å². The number of piperazine rings is 1. The summed E-state index contributed by atoms with van der Waals surface area (Å²) in [4.78, 5) is 29.0. The number of hydrogen-bond donors (Lipinski definition) is 0. The van der Waals surface area contributed by atoms with Crippen LogP contribution in [0, 0.1) is 5.92 Å². The highest BCUT2D eigenvalue weighted by molar-refractivity contribution is 5.98. The molecule has 4 heteroatoms. The molecule has 0 bridgehead atoms. The molecule has 2 aromatic rings. The Labute approximate surface area is 154 Å². The van der Waals surface area contributed by atoms with E-state index in [0.29, 0.717) is 38.5 Å². The molecule has 0 N–H and O–H groups in total. The molecule has 1 fully saturated rings. The number of fused-ring (bicyclic) bond motifs is 1. The van der Waals surface area contributed by atoms with Crippen molar-refractivity contribution < 1.29 is 9.59 Å². The summed E-state index contributed by atoms with van der Waals surface area (Å²) >= 11 is 0. The first kappa shape index (κ1) is 16.8. The van der Waals surface area contributed by atoms with E-state index in [0.717, 1.165) is 29.2 Å². The van der Waals surface area contributed by atoms with E-state index in [2.05, 4.69) is 12.2 Å². The van der Waals surface area contributed by atoms with Crippen molar-refractivity contribution in [2.75, 3.05) is 26.2 Å². The summed E-state index contributed by atoms with van der Waals surface area (Å²) in [6.45, 7) is 2.49. The summed E-state index contributed by atoms with van der Waals surface area (Å²) < 4.78 is 0. The van der Waals surface area contributed by atoms with Crippen LogP contribution in [0.1, 0.15) is 29.6 Å². The van der Waals surface area contributed by atoms with E-state index in [4.69, 9.17) is 0 Å². The average Bonchev–Trinajstić information content (AvgIpc) is 3.20. The molecule has 1 aliphatic heterocycles. The third-order valence-electron chi connectivity index (χ3n) is 5.47. The second kappa shape index (κ2) is 7.32. The molecule has 1 atom stereocenters. The fraction of sp³-hybridized carbons (Fsp3) is 0.364. The maximum Gasteiger partial charge on any atom is 0.253 e. The number of carbonyl (C=O) groups is 2. The largest absolute Gasteiger partial charge is 0.339 e. The first-order chi connectivity index (χ1) is 12.7. The number of amides is 2. The van der Waals surface area contributed by atoms with Gasteiger partial charge in [0, 0.05) is 38.2 Å². The Morgan fingerprint density at radius 2 is 1.65 bits per heavy atom. The van der Waals surface area contributed by atoms with Crippen LogP contribution >= 0.6 is 0 Å². The first-order valence-corrected chi connectivity index (χ1v) is 9.43. The van der Waals surface area contributed by atoms with E-state index < -0.39 is 0 Å². The van der Waals surface area contributed by atoms with Crippen LogP contribution in [0.5, 0.6) is 0 Å². The SMILES string of the molecule is O=C(C[C@H]1C=CCC1)N1CCN(C(=O)c2ccc3ccccc3c2)CC1. The predicted molar refractivity (Wildman–Crippen MR) is 103 cm³/mol. The van der Waals surface area contributed by atoms with Crippen molar-refractivity contribution in [1.29, 1.82) is 0 Å². The fourth-order valence-corrected chi connectivity index (χ4v) is 3.88. The van der Waals surface area contributed by atoms with Gasteiger partial charge in [0.05, 0.1) is 0 Å². The van der Waals surface area contributed by atoms with E-state index in [9.17, 15) is 9.59 Å². The first-order valence-electron chi connectivity index (χ1n) is 9.43. The van der Waals surface area contributed by atoms with Gasteiger partial charge in [-0.3, -0.25) is 9.59 Å². The van der Waals surface area contributed by atoms with Crippen molar-refractivity contribution in [3.05, 3.63) is 60.2 Å². The molecule has 1 aliphatic carbocycles. The number of nitrogens with zero attached hydrogens (tertiary/aromatic N) is 2. The normalized spacial score (nSPS) is 19.9. The lowest BCUT2D eigenvalue weighted by Crippen LogP contribution is -2.50. The second-order valence-electron chi connectivity index (χ2n) is 7.20. The quantitative estimate of drug-likeness (QED) is 0.797. The standard InChI is InChI=1S/C22H24N2O2/c25-21(15-17-5-1-2-6-17)23-11-13-24(14-12-23)22(26)20-10-9-18-7-3-4-8-19(18)16-20/h1,3-5,7-10,16-17H,2,6,11-15H2/t17-/m0/s1. The van der Waals surface area contributed by atoms with Crippen molar-refractivity contribution in [2.24, 2.45) is 5.92 Å². The van der Waals surface area contributed by atoms with E-state index in [-0.39, 0.29) is 11.8 Å². The molecule has 0 radical (unpaired) electrons. The van der Waals surface area contributed by atoms with Crippen LogP contribution < -0.4 is 0 Å². The van der Waals surface area contributed by atoms with Crippen LogP contribution in [-0.2, 0) is 4.79 Å². The number of hydrogen-bond acceptors (Lipinski definition) is 2. The Hall–Kier alpha value is -2.62. The molecule has 0 spiro atoms. The smallest absolute Gasteiger partial charge is 0.253 e. The lowest BCUT2D eigenvalue weighted by Gasteiger charge is -2.35. The number of benzene rings is 2. The maximum absolute atomic E-state index is 12.8. The minimum Gasteiger partial charge on any atom is -0.339 e. The van der Waals surface area contributed by atoms with Gasteiger partial charge in [0.15, 0.2) is 0 Å². The molecular weight excluding hydrogens is 324 g/mol. The predicted octanol–water partition coefficient (Wildman–Crippen LogP) is 3.48. The number of carbonyl (C=O) groups excluding carboxylic acids is 2. The van der Waals surface area contributed by atoms with Crippen molar-refractivity contribution in [2.45, 2.75) is 19.3 Å². The van der Waals surface area contributed by atoms with Crippen LogP contribution in [0.15, 0.2) is 54.6 Å². The molecule has 2 aromatic carbocycles. The second-order valence-corrected chi connectivity index (χ2v) is 7.20. The van der Waals surface area contributed by atoms with Crippen LogP contribution in [-0.4, -0.2) is 47.8 Å². The van der Waals surface area contributed by atoms with Gasteiger partial charge in [-0.05, 0) is 41.7 Å². The van der Waals surface area contributed by atoms with Gasteiger partial charge in [0.25, 0.3) is 5.91 Å². The zero-order valence-corrected chi connectivity index (χ0v) is 14.9. The minimum absolute atomic E-state index is 0.0570. The molecule has 0 unspecified atom stereocenters. The highest BCUT2D eigenvalue weighted by atomic mass is 16.2. The van der Waals surface area contributed by atoms with Crippen molar-refractivity contribution in [3.8, 4) is 0 Å². The Morgan fingerprint density at radius 3 is 2.38 bits per heavy atom. The van der Waals surface area contributed by atoms with E-state index >= 15 is 0 Å². The van der Waals surface area contributed by atoms with Gasteiger partial charge in [-0.15, -0.1) is 0 Å². The molecule has 0 aromatic heterocycles. The Balaban J connectivity index is 1.36. The third-order valence-corrected chi connectivity index (χ3v) is 5.47. The van der Waals surface area contributed by atoms with Crippen LogP contribution in [0.4, 0.5) is 0 Å². The summed E-state index contributed by atoms with van der Waals surface area (Å²) in [6, 6.07) is 13.9. The van der Waals surface area contributed by atoms with Gasteiger partial charge in [-0.2, -0.15) is 0 Å². The molecular formula is C22H24N2O2. The monoisotopic (exact) mass is 348 g/mol. The highest BCUT2D eigenvalue weighted by Gasteiger charge is 2.26. The summed E-state index contributed by atoms with van der Waals surface area (Å²) in [7, 11) is 0.